The predicted octanol–water partition coefficient (Wildman–Crippen LogP) is 5.90. The summed E-state index contributed by atoms with van der Waals surface area (Å²) >= 11 is 0. The number of carbonyl (C=O) groups is 3. The first-order valence-electron chi connectivity index (χ1n) is 34.6. The lowest BCUT2D eigenvalue weighted by molar-refractivity contribution is -0.386. The number of nitrogens with one attached hydrogen (secondary N) is 2. The molecule has 0 aromatic carbocycles. The maximum atomic E-state index is 13.4. The second-order valence-electron chi connectivity index (χ2n) is 25.4. The van der Waals surface area contributed by atoms with Crippen LogP contribution in [0.25, 0.3) is 0 Å². The van der Waals surface area contributed by atoms with E-state index in [1.54, 1.807) is 6.08 Å². The largest absolute Gasteiger partial charge is 0.477 e. The molecule has 0 saturated carbocycles. The number of allylic oxidation sites excluding steroid dienone is 1. The maximum absolute atomic E-state index is 13.4. The van der Waals surface area contributed by atoms with Crippen LogP contribution < -0.4 is 10.6 Å². The zero-order valence-corrected chi connectivity index (χ0v) is 54.3. The van der Waals surface area contributed by atoms with E-state index in [1.807, 2.05) is 6.08 Å². The first-order chi connectivity index (χ1) is 42.9. The van der Waals surface area contributed by atoms with Crippen LogP contribution in [-0.2, 0) is 42.8 Å². The monoisotopic (exact) mass is 1280 g/mol. The summed E-state index contributed by atoms with van der Waals surface area (Å²) in [5.74, 6) is -6.14. The number of carboxylic acid groups (broad SMARTS) is 1. The molecule has 522 valence electrons. The Morgan fingerprint density at radius 2 is 1.04 bits per heavy atom. The number of hydrogen-bond acceptors (Lipinski definition) is 20. The average Bonchev–Trinajstić information content (AvgIpc) is 0.878. The van der Waals surface area contributed by atoms with Gasteiger partial charge in [0.1, 0.15) is 67.1 Å². The van der Waals surface area contributed by atoms with Crippen molar-refractivity contribution in [3.8, 4) is 0 Å². The normalized spacial score (nSPS) is 28.8. The minimum Gasteiger partial charge on any atom is -0.477 e. The molecular formula is C66H122N2O21. The van der Waals surface area contributed by atoms with Crippen LogP contribution in [0.4, 0.5) is 0 Å². The molecule has 0 aromatic heterocycles. The predicted molar refractivity (Wildman–Crippen MR) is 334 cm³/mol. The van der Waals surface area contributed by atoms with Gasteiger partial charge in [-0.2, -0.15) is 0 Å². The van der Waals surface area contributed by atoms with Crippen molar-refractivity contribution in [2.75, 3.05) is 26.4 Å². The van der Waals surface area contributed by atoms with E-state index in [0.29, 0.717) is 12.8 Å². The lowest BCUT2D eigenvalue weighted by atomic mass is 9.88. The van der Waals surface area contributed by atoms with Crippen molar-refractivity contribution < 1.29 is 104 Å². The van der Waals surface area contributed by atoms with Gasteiger partial charge in [-0.1, -0.05) is 225 Å². The first-order valence-corrected chi connectivity index (χ1v) is 34.6. The fourth-order valence-electron chi connectivity index (χ4n) is 12.2. The summed E-state index contributed by atoms with van der Waals surface area (Å²) in [4.78, 5) is 38.5. The third-order valence-corrected chi connectivity index (χ3v) is 17.7. The highest BCUT2D eigenvalue weighted by molar-refractivity contribution is 5.77. The van der Waals surface area contributed by atoms with Gasteiger partial charge in [0, 0.05) is 19.8 Å². The lowest BCUT2D eigenvalue weighted by Gasteiger charge is -2.50. The van der Waals surface area contributed by atoms with Crippen LogP contribution in [0.1, 0.15) is 252 Å². The van der Waals surface area contributed by atoms with Crippen molar-refractivity contribution in [3.63, 3.8) is 0 Å². The van der Waals surface area contributed by atoms with Crippen molar-refractivity contribution in [2.45, 2.75) is 362 Å². The van der Waals surface area contributed by atoms with E-state index in [2.05, 4.69) is 24.5 Å². The van der Waals surface area contributed by atoms with Crippen LogP contribution in [0.15, 0.2) is 12.2 Å². The Morgan fingerprint density at radius 1 is 0.584 bits per heavy atom. The van der Waals surface area contributed by atoms with Gasteiger partial charge in [0.2, 0.25) is 11.8 Å². The Hall–Kier alpha value is -2.53. The fraction of sp³-hybridized carbons (Fsp3) is 0.924. The average molecular weight is 1280 g/mol. The van der Waals surface area contributed by atoms with Crippen LogP contribution in [0.2, 0.25) is 0 Å². The van der Waals surface area contributed by atoms with Gasteiger partial charge in [0.15, 0.2) is 12.6 Å². The van der Waals surface area contributed by atoms with Gasteiger partial charge in [-0.15, -0.1) is 0 Å². The molecule has 0 aromatic rings. The lowest BCUT2D eigenvalue weighted by Crippen LogP contribution is -2.70. The molecule has 23 nitrogen and oxygen atoms in total. The molecule has 0 radical (unpaired) electrons. The zero-order chi connectivity index (χ0) is 65.4. The van der Waals surface area contributed by atoms with Crippen molar-refractivity contribution >= 4 is 17.8 Å². The number of aliphatic hydroxyl groups excluding tert-OH is 11. The Balaban J connectivity index is 1.59. The van der Waals surface area contributed by atoms with Crippen LogP contribution >= 0.6 is 0 Å². The standard InChI is InChI=1S/C66H122N2O21/c1-4-6-8-10-12-14-16-18-20-21-22-23-24-25-26-28-30-32-34-36-38-40-53(76)68-47(48(73)39-37-35-33-31-29-27-19-17-15-13-11-9-7-5-2)45-84-63-58(80)57(79)60(52(44-71)86-63)87-64-59(81)62(56(78)51(43-70)85-64)89-66(65(82)83)41-49(74)54(67-46(3)72)61(88-66)55(77)50(75)42-69/h37,39,47-52,54-64,69-71,73-75,77-81H,4-36,38,40-45H2,1-3H3,(H,67,72)(H,68,76)(H,82,83)/b39-37+. The summed E-state index contributed by atoms with van der Waals surface area (Å²) in [5, 5.41) is 136. The number of amides is 2. The molecule has 3 aliphatic rings. The Kier molecular flexibility index (Phi) is 43.0. The van der Waals surface area contributed by atoms with Crippen LogP contribution in [0.5, 0.6) is 0 Å². The number of rotatable bonds is 52. The summed E-state index contributed by atoms with van der Waals surface area (Å²) in [6.07, 6.45) is 15.4. The molecule has 2 amide bonds. The Morgan fingerprint density at radius 3 is 1.49 bits per heavy atom. The number of unbranched alkanes of at least 4 members (excludes halogenated alkanes) is 32. The van der Waals surface area contributed by atoms with Gasteiger partial charge in [0.25, 0.3) is 5.79 Å². The quantitative estimate of drug-likeness (QED) is 0.0249. The minimum absolute atomic E-state index is 0.205. The summed E-state index contributed by atoms with van der Waals surface area (Å²) in [7, 11) is 0. The second kappa shape index (κ2) is 47.4. The number of hydrogen-bond donors (Lipinski definition) is 14. The molecule has 18 unspecified atom stereocenters. The van der Waals surface area contributed by atoms with Crippen LogP contribution in [0.3, 0.4) is 0 Å². The second-order valence-corrected chi connectivity index (χ2v) is 25.4. The van der Waals surface area contributed by atoms with E-state index in [4.69, 9.17) is 28.4 Å². The third kappa shape index (κ3) is 30.2. The van der Waals surface area contributed by atoms with E-state index in [1.165, 1.54) is 161 Å². The molecule has 0 aliphatic carbocycles. The Bertz CT molecular complexity index is 1860. The smallest absolute Gasteiger partial charge is 0.364 e. The molecule has 18 atom stereocenters. The number of aliphatic hydroxyl groups is 11. The van der Waals surface area contributed by atoms with Crippen molar-refractivity contribution in [3.05, 3.63) is 12.2 Å². The molecule has 3 saturated heterocycles. The molecule has 3 fully saturated rings. The van der Waals surface area contributed by atoms with Crippen molar-refractivity contribution in [1.82, 2.24) is 10.6 Å². The molecule has 0 spiro atoms. The first kappa shape index (κ1) is 80.7. The summed E-state index contributed by atoms with van der Waals surface area (Å²) in [5.41, 5.74) is 0. The molecule has 3 rings (SSSR count). The van der Waals surface area contributed by atoms with E-state index in [9.17, 15) is 75.7 Å². The van der Waals surface area contributed by atoms with Gasteiger partial charge in [-0.3, -0.25) is 9.59 Å². The topological polar surface area (TPSA) is 373 Å². The number of carboxylic acids is 1. The zero-order valence-electron chi connectivity index (χ0n) is 54.3. The highest BCUT2D eigenvalue weighted by Crippen LogP contribution is 2.39. The molecule has 23 heteroatoms. The maximum Gasteiger partial charge on any atom is 0.364 e. The Labute approximate surface area is 531 Å². The number of carbonyl (C=O) groups excluding carboxylic acids is 2. The van der Waals surface area contributed by atoms with E-state index >= 15 is 0 Å². The number of aliphatic carboxylic acids is 1. The molecule has 3 heterocycles. The molecular weight excluding hydrogens is 1160 g/mol. The third-order valence-electron chi connectivity index (χ3n) is 17.7. The van der Waals surface area contributed by atoms with Gasteiger partial charge >= 0.3 is 5.97 Å². The van der Waals surface area contributed by atoms with E-state index < -0.39 is 155 Å². The van der Waals surface area contributed by atoms with Crippen molar-refractivity contribution in [1.29, 1.82) is 0 Å². The number of ether oxygens (including phenoxy) is 6. The molecule has 89 heavy (non-hydrogen) atoms. The highest BCUT2D eigenvalue weighted by Gasteiger charge is 2.60. The van der Waals surface area contributed by atoms with Crippen LogP contribution in [-0.4, -0.2) is 215 Å². The molecule has 3 aliphatic heterocycles. The molecule has 14 N–H and O–H groups in total. The van der Waals surface area contributed by atoms with Crippen LogP contribution in [0, 0.1) is 0 Å². The van der Waals surface area contributed by atoms with Gasteiger partial charge in [0.05, 0.1) is 50.7 Å². The van der Waals surface area contributed by atoms with E-state index in [-0.39, 0.29) is 12.3 Å². The fourth-order valence-corrected chi connectivity index (χ4v) is 12.2. The van der Waals surface area contributed by atoms with Crippen molar-refractivity contribution in [2.24, 2.45) is 0 Å². The summed E-state index contributed by atoms with van der Waals surface area (Å²) < 4.78 is 34.8. The van der Waals surface area contributed by atoms with E-state index in [0.717, 1.165) is 51.9 Å². The summed E-state index contributed by atoms with van der Waals surface area (Å²) in [6.45, 7) is 2.14. The minimum atomic E-state index is -3.08. The van der Waals surface area contributed by atoms with Gasteiger partial charge < -0.3 is 100 Å². The summed E-state index contributed by atoms with van der Waals surface area (Å²) in [6, 6.07) is -2.61. The van der Waals surface area contributed by atoms with Gasteiger partial charge in [-0.05, 0) is 19.3 Å². The molecule has 0 bridgehead atoms. The highest BCUT2D eigenvalue weighted by atomic mass is 16.8. The SMILES string of the molecule is CCCCCCCCCCCCCC/C=C/C(O)C(COC1OC(CO)C(OC2OC(CO)C(O)C(OC3(C(=O)O)CC(O)C(NC(C)=O)C(C(O)C(O)CO)O3)C2O)C(O)C1O)NC(=O)CCCCCCCCCCCCCCCCCCCCCCC. The van der Waals surface area contributed by atoms with Gasteiger partial charge in [-0.25, -0.2) is 4.79 Å².